The van der Waals surface area contributed by atoms with E-state index in [-0.39, 0.29) is 12.5 Å². The molecule has 0 aliphatic rings. The molecule has 0 saturated heterocycles. The molecule has 21 heavy (non-hydrogen) atoms. The molecule has 0 saturated carbocycles. The Bertz CT molecular complexity index is 597. The van der Waals surface area contributed by atoms with Crippen molar-refractivity contribution in [2.45, 2.75) is 6.61 Å². The number of likely N-dealkylation sites (N-methyl/N-ethyl adjacent to an activating group) is 1. The fraction of sp³-hybridized carbons (Fsp3) is 0.267. The van der Waals surface area contributed by atoms with Crippen LogP contribution in [0.15, 0.2) is 41.0 Å². The Labute approximate surface area is 128 Å². The highest BCUT2D eigenvalue weighted by Crippen LogP contribution is 2.28. The third-order valence-corrected chi connectivity index (χ3v) is 3.12. The molecule has 1 aromatic heterocycles. The average molecular weight is 309 g/mol. The Morgan fingerprint density at radius 1 is 1.38 bits per heavy atom. The fourth-order valence-corrected chi connectivity index (χ4v) is 1.84. The van der Waals surface area contributed by atoms with Gasteiger partial charge in [0.1, 0.15) is 18.1 Å². The van der Waals surface area contributed by atoms with E-state index in [1.807, 2.05) is 12.1 Å². The van der Waals surface area contributed by atoms with Crippen molar-refractivity contribution in [1.29, 1.82) is 0 Å². The van der Waals surface area contributed by atoms with Gasteiger partial charge in [-0.3, -0.25) is 4.79 Å². The minimum absolute atomic E-state index is 0.00994. The van der Waals surface area contributed by atoms with Gasteiger partial charge in [-0.1, -0.05) is 11.6 Å². The van der Waals surface area contributed by atoms with Gasteiger partial charge in [-0.25, -0.2) is 0 Å². The van der Waals surface area contributed by atoms with Crippen molar-refractivity contribution in [3.63, 3.8) is 0 Å². The molecule has 0 fully saturated rings. The minimum Gasteiger partial charge on any atom is -0.484 e. The van der Waals surface area contributed by atoms with Crippen molar-refractivity contribution in [3.05, 3.63) is 47.4 Å². The number of benzene rings is 1. The lowest BCUT2D eigenvalue weighted by Crippen LogP contribution is -2.28. The lowest BCUT2D eigenvalue weighted by atomic mass is 10.3. The SMILES string of the molecule is CN(C)C(=O)CNc1ccc(OCc2ccco2)c(Cl)c1. The van der Waals surface area contributed by atoms with E-state index in [9.17, 15) is 4.79 Å². The number of carbonyl (C=O) groups is 1. The zero-order valence-corrected chi connectivity index (χ0v) is 12.7. The fourth-order valence-electron chi connectivity index (χ4n) is 1.61. The number of nitrogens with zero attached hydrogens (tertiary/aromatic N) is 1. The summed E-state index contributed by atoms with van der Waals surface area (Å²) in [5, 5.41) is 3.49. The molecule has 0 atom stereocenters. The molecule has 1 heterocycles. The van der Waals surface area contributed by atoms with Crippen molar-refractivity contribution in [2.24, 2.45) is 0 Å². The number of amides is 1. The second-order valence-electron chi connectivity index (χ2n) is 4.65. The van der Waals surface area contributed by atoms with Crippen LogP contribution in [0, 0.1) is 0 Å². The number of nitrogens with one attached hydrogen (secondary N) is 1. The zero-order valence-electron chi connectivity index (χ0n) is 11.9. The quantitative estimate of drug-likeness (QED) is 0.891. The first-order valence-electron chi connectivity index (χ1n) is 6.45. The molecule has 0 aliphatic heterocycles. The Morgan fingerprint density at radius 2 is 2.19 bits per heavy atom. The minimum atomic E-state index is -0.00994. The summed E-state index contributed by atoms with van der Waals surface area (Å²) in [6.07, 6.45) is 1.59. The number of furan rings is 1. The molecule has 2 rings (SSSR count). The maximum Gasteiger partial charge on any atom is 0.241 e. The molecule has 0 unspecified atom stereocenters. The lowest BCUT2D eigenvalue weighted by Gasteiger charge is -2.13. The molecule has 1 amide bonds. The van der Waals surface area contributed by atoms with Crippen LogP contribution >= 0.6 is 11.6 Å². The van der Waals surface area contributed by atoms with Crippen LogP contribution in [0.4, 0.5) is 5.69 Å². The third kappa shape index (κ3) is 4.43. The number of hydrogen-bond acceptors (Lipinski definition) is 4. The molecular weight excluding hydrogens is 292 g/mol. The van der Waals surface area contributed by atoms with E-state index in [0.717, 1.165) is 11.4 Å². The molecule has 2 aromatic rings. The molecular formula is C15H17ClN2O3. The van der Waals surface area contributed by atoms with Gasteiger partial charge in [-0.05, 0) is 30.3 Å². The van der Waals surface area contributed by atoms with Gasteiger partial charge >= 0.3 is 0 Å². The summed E-state index contributed by atoms with van der Waals surface area (Å²) in [6.45, 7) is 0.536. The summed E-state index contributed by atoms with van der Waals surface area (Å²) < 4.78 is 10.8. The molecule has 1 N–H and O–H groups in total. The molecule has 0 spiro atoms. The molecule has 0 bridgehead atoms. The van der Waals surface area contributed by atoms with Gasteiger partial charge in [0, 0.05) is 19.8 Å². The van der Waals surface area contributed by atoms with Gasteiger partial charge in [-0.15, -0.1) is 0 Å². The van der Waals surface area contributed by atoms with Crippen molar-refractivity contribution < 1.29 is 13.9 Å². The number of anilines is 1. The van der Waals surface area contributed by atoms with Crippen LogP contribution in [0.3, 0.4) is 0 Å². The number of hydrogen-bond donors (Lipinski definition) is 1. The van der Waals surface area contributed by atoms with Crippen LogP contribution in [-0.4, -0.2) is 31.4 Å². The number of carbonyl (C=O) groups excluding carboxylic acids is 1. The molecule has 112 valence electrons. The predicted octanol–water partition coefficient (Wildman–Crippen LogP) is 3.01. The van der Waals surface area contributed by atoms with Crippen molar-refractivity contribution in [3.8, 4) is 5.75 Å². The standard InChI is InChI=1S/C15H17ClN2O3/c1-18(2)15(19)9-17-11-5-6-14(13(16)8-11)21-10-12-4-3-7-20-12/h3-8,17H,9-10H2,1-2H3. The van der Waals surface area contributed by atoms with E-state index in [0.29, 0.717) is 17.4 Å². The second kappa shape index (κ2) is 7.04. The van der Waals surface area contributed by atoms with E-state index in [1.54, 1.807) is 38.6 Å². The number of ether oxygens (including phenoxy) is 1. The van der Waals surface area contributed by atoms with Crippen LogP contribution < -0.4 is 10.1 Å². The van der Waals surface area contributed by atoms with Crippen LogP contribution in [-0.2, 0) is 11.4 Å². The first-order chi connectivity index (χ1) is 10.1. The summed E-state index contributed by atoms with van der Waals surface area (Å²) in [7, 11) is 3.42. The number of rotatable bonds is 6. The summed E-state index contributed by atoms with van der Waals surface area (Å²) in [6, 6.07) is 8.92. The van der Waals surface area contributed by atoms with Gasteiger partial charge < -0.3 is 19.4 Å². The zero-order chi connectivity index (χ0) is 15.2. The van der Waals surface area contributed by atoms with Gasteiger partial charge in [0.15, 0.2) is 0 Å². The molecule has 6 heteroatoms. The molecule has 0 radical (unpaired) electrons. The molecule has 5 nitrogen and oxygen atoms in total. The summed E-state index contributed by atoms with van der Waals surface area (Å²) in [5.41, 5.74) is 0.764. The first kappa shape index (κ1) is 15.3. The van der Waals surface area contributed by atoms with E-state index < -0.39 is 0 Å². The molecule has 1 aromatic carbocycles. The van der Waals surface area contributed by atoms with E-state index in [1.165, 1.54) is 4.90 Å². The number of halogens is 1. The Morgan fingerprint density at radius 3 is 2.81 bits per heavy atom. The Balaban J connectivity index is 1.92. The maximum absolute atomic E-state index is 11.5. The Hall–Kier alpha value is -2.14. The van der Waals surface area contributed by atoms with Gasteiger partial charge in [0.2, 0.25) is 5.91 Å². The van der Waals surface area contributed by atoms with Crippen molar-refractivity contribution in [2.75, 3.05) is 26.0 Å². The predicted molar refractivity (Wildman–Crippen MR) is 81.7 cm³/mol. The van der Waals surface area contributed by atoms with Crippen LogP contribution in [0.1, 0.15) is 5.76 Å². The largest absolute Gasteiger partial charge is 0.484 e. The van der Waals surface area contributed by atoms with Crippen LogP contribution in [0.2, 0.25) is 5.02 Å². The van der Waals surface area contributed by atoms with Gasteiger partial charge in [0.25, 0.3) is 0 Å². The third-order valence-electron chi connectivity index (χ3n) is 2.82. The van der Waals surface area contributed by atoms with Crippen LogP contribution in [0.25, 0.3) is 0 Å². The van der Waals surface area contributed by atoms with Gasteiger partial charge in [-0.2, -0.15) is 0 Å². The summed E-state index contributed by atoms with van der Waals surface area (Å²) in [5.74, 6) is 1.28. The monoisotopic (exact) mass is 308 g/mol. The average Bonchev–Trinajstić information content (AvgIpc) is 2.96. The lowest BCUT2D eigenvalue weighted by molar-refractivity contribution is -0.126. The van der Waals surface area contributed by atoms with E-state index >= 15 is 0 Å². The highest BCUT2D eigenvalue weighted by Gasteiger charge is 2.07. The topological polar surface area (TPSA) is 54.7 Å². The van der Waals surface area contributed by atoms with Crippen molar-refractivity contribution >= 4 is 23.2 Å². The van der Waals surface area contributed by atoms with Crippen LogP contribution in [0.5, 0.6) is 5.75 Å². The van der Waals surface area contributed by atoms with Crippen molar-refractivity contribution in [1.82, 2.24) is 4.90 Å². The van der Waals surface area contributed by atoms with E-state index in [4.69, 9.17) is 20.8 Å². The second-order valence-corrected chi connectivity index (χ2v) is 5.06. The normalized spacial score (nSPS) is 10.2. The summed E-state index contributed by atoms with van der Waals surface area (Å²) in [4.78, 5) is 13.0. The maximum atomic E-state index is 11.5. The first-order valence-corrected chi connectivity index (χ1v) is 6.83. The molecule has 0 aliphatic carbocycles. The van der Waals surface area contributed by atoms with E-state index in [2.05, 4.69) is 5.32 Å². The van der Waals surface area contributed by atoms with Gasteiger partial charge in [0.05, 0.1) is 17.8 Å². The summed E-state index contributed by atoms with van der Waals surface area (Å²) >= 11 is 6.16. The highest BCUT2D eigenvalue weighted by molar-refractivity contribution is 6.32. The highest BCUT2D eigenvalue weighted by atomic mass is 35.5. The smallest absolute Gasteiger partial charge is 0.241 e. The Kier molecular flexibility index (Phi) is 5.11.